The molecule has 1 aromatic carbocycles. The minimum atomic E-state index is -0.857. The number of esters is 1. The molecule has 25 heavy (non-hydrogen) atoms. The Hall–Kier alpha value is -2.54. The molecule has 0 unspecified atom stereocenters. The predicted molar refractivity (Wildman–Crippen MR) is 89.9 cm³/mol. The van der Waals surface area contributed by atoms with Gasteiger partial charge < -0.3 is 14.7 Å². The lowest BCUT2D eigenvalue weighted by molar-refractivity contribution is 0.0163. The number of methoxy groups -OCH3 is 1. The third kappa shape index (κ3) is 4.11. The Bertz CT molecular complexity index is 743. The van der Waals surface area contributed by atoms with Crippen LogP contribution in [-0.2, 0) is 11.2 Å². The molecule has 132 valence electrons. The molecule has 0 aliphatic carbocycles. The Kier molecular flexibility index (Phi) is 4.94. The predicted octanol–water partition coefficient (Wildman–Crippen LogP) is 1.98. The van der Waals surface area contributed by atoms with E-state index >= 15 is 0 Å². The highest BCUT2D eigenvalue weighted by Gasteiger charge is 2.33. The first-order valence-electron chi connectivity index (χ1n) is 8.13. The number of anilines is 1. The number of aromatic nitrogens is 2. The van der Waals surface area contributed by atoms with Crippen molar-refractivity contribution in [1.29, 1.82) is 0 Å². The molecule has 0 bridgehead atoms. The number of hydrogen-bond donors (Lipinski definition) is 1. The smallest absolute Gasteiger partial charge is 0.358 e. The summed E-state index contributed by atoms with van der Waals surface area (Å²) < 4.78 is 17.9. The molecule has 2 heterocycles. The summed E-state index contributed by atoms with van der Waals surface area (Å²) in [4.78, 5) is 13.4. The topological polar surface area (TPSA) is 75.5 Å². The number of carbonyl (C=O) groups is 1. The molecule has 3 rings (SSSR count). The van der Waals surface area contributed by atoms with E-state index in [9.17, 15) is 14.3 Å². The Labute approximate surface area is 145 Å². The highest BCUT2D eigenvalue weighted by Crippen LogP contribution is 2.28. The van der Waals surface area contributed by atoms with Crippen molar-refractivity contribution in [3.63, 3.8) is 0 Å². The van der Waals surface area contributed by atoms with Crippen LogP contribution in [0.5, 0.6) is 0 Å². The van der Waals surface area contributed by atoms with E-state index in [0.29, 0.717) is 38.2 Å². The van der Waals surface area contributed by atoms with Crippen molar-refractivity contribution in [3.8, 4) is 0 Å². The Morgan fingerprint density at radius 2 is 2.04 bits per heavy atom. The van der Waals surface area contributed by atoms with E-state index in [-0.39, 0.29) is 11.5 Å². The van der Waals surface area contributed by atoms with E-state index in [4.69, 9.17) is 0 Å². The number of carbonyl (C=O) groups excluding carboxylic acids is 1. The van der Waals surface area contributed by atoms with Crippen LogP contribution < -0.4 is 4.90 Å². The van der Waals surface area contributed by atoms with Gasteiger partial charge in [-0.2, -0.15) is 0 Å². The van der Waals surface area contributed by atoms with Crippen molar-refractivity contribution in [2.75, 3.05) is 25.1 Å². The summed E-state index contributed by atoms with van der Waals surface area (Å²) >= 11 is 0. The third-order valence-electron chi connectivity index (χ3n) is 4.49. The summed E-state index contributed by atoms with van der Waals surface area (Å²) in [6.45, 7) is 1.22. The zero-order chi connectivity index (χ0) is 17.9. The van der Waals surface area contributed by atoms with Crippen LogP contribution in [-0.4, -0.2) is 47.1 Å². The maximum Gasteiger partial charge on any atom is 0.358 e. The maximum atomic E-state index is 13.3. The van der Waals surface area contributed by atoms with Gasteiger partial charge in [0.15, 0.2) is 11.5 Å². The average Bonchev–Trinajstić information content (AvgIpc) is 2.61. The number of rotatable bonds is 4. The zero-order valence-corrected chi connectivity index (χ0v) is 14.0. The van der Waals surface area contributed by atoms with Crippen LogP contribution in [0.15, 0.2) is 36.4 Å². The summed E-state index contributed by atoms with van der Waals surface area (Å²) in [7, 11) is 1.29. The minimum absolute atomic E-state index is 0.158. The van der Waals surface area contributed by atoms with Gasteiger partial charge in [0.2, 0.25) is 0 Å². The molecule has 0 spiro atoms. The summed E-state index contributed by atoms with van der Waals surface area (Å²) in [5.74, 6) is -0.165. The first-order chi connectivity index (χ1) is 12.0. The monoisotopic (exact) mass is 345 g/mol. The number of nitrogens with zero attached hydrogens (tertiary/aromatic N) is 3. The van der Waals surface area contributed by atoms with Gasteiger partial charge in [0, 0.05) is 19.5 Å². The Morgan fingerprint density at radius 1 is 1.28 bits per heavy atom. The van der Waals surface area contributed by atoms with Crippen molar-refractivity contribution >= 4 is 11.8 Å². The summed E-state index contributed by atoms with van der Waals surface area (Å²) in [5.41, 5.74) is 0.0907. The van der Waals surface area contributed by atoms with Crippen LogP contribution in [0.4, 0.5) is 10.2 Å². The lowest BCUT2D eigenvalue weighted by atomic mass is 9.85. The molecule has 0 amide bonds. The molecule has 0 saturated carbocycles. The Morgan fingerprint density at radius 3 is 2.64 bits per heavy atom. The van der Waals surface area contributed by atoms with Crippen molar-refractivity contribution < 1.29 is 19.0 Å². The van der Waals surface area contributed by atoms with Crippen molar-refractivity contribution in [2.24, 2.45) is 0 Å². The van der Waals surface area contributed by atoms with Gasteiger partial charge in [0.25, 0.3) is 0 Å². The molecular weight excluding hydrogens is 325 g/mol. The number of hydrogen-bond acceptors (Lipinski definition) is 6. The van der Waals surface area contributed by atoms with Gasteiger partial charge in [-0.3, -0.25) is 0 Å². The largest absolute Gasteiger partial charge is 0.464 e. The SMILES string of the molecule is COC(=O)c1ccc(N2CCC(O)(Cc3cccc(F)c3)CC2)nn1. The fourth-order valence-electron chi connectivity index (χ4n) is 3.06. The second-order valence-corrected chi connectivity index (χ2v) is 6.29. The lowest BCUT2D eigenvalue weighted by Crippen LogP contribution is -2.46. The van der Waals surface area contributed by atoms with Crippen molar-refractivity contribution in [1.82, 2.24) is 10.2 Å². The van der Waals surface area contributed by atoms with Gasteiger partial charge in [0.05, 0.1) is 12.7 Å². The molecule has 7 heteroatoms. The highest BCUT2D eigenvalue weighted by molar-refractivity contribution is 5.86. The molecule has 1 aromatic heterocycles. The van der Waals surface area contributed by atoms with Gasteiger partial charge >= 0.3 is 5.97 Å². The quantitative estimate of drug-likeness (QED) is 0.854. The second kappa shape index (κ2) is 7.14. The van der Waals surface area contributed by atoms with E-state index in [2.05, 4.69) is 14.9 Å². The fourth-order valence-corrected chi connectivity index (χ4v) is 3.06. The first kappa shape index (κ1) is 17.3. The van der Waals surface area contributed by atoms with E-state index in [1.54, 1.807) is 18.2 Å². The minimum Gasteiger partial charge on any atom is -0.464 e. The van der Waals surface area contributed by atoms with Crippen molar-refractivity contribution in [2.45, 2.75) is 24.9 Å². The number of ether oxygens (including phenoxy) is 1. The Balaban J connectivity index is 1.62. The second-order valence-electron chi connectivity index (χ2n) is 6.29. The lowest BCUT2D eigenvalue weighted by Gasteiger charge is -2.38. The standard InChI is InChI=1S/C18H20FN3O3/c1-25-17(23)15-5-6-16(21-20-15)22-9-7-18(24,8-10-22)12-13-3-2-4-14(19)11-13/h2-6,11,24H,7-10,12H2,1H3. The van der Waals surface area contributed by atoms with E-state index < -0.39 is 11.6 Å². The molecule has 1 fully saturated rings. The molecule has 1 saturated heterocycles. The van der Waals surface area contributed by atoms with Crippen LogP contribution in [0, 0.1) is 5.82 Å². The van der Waals surface area contributed by atoms with Gasteiger partial charge in [-0.15, -0.1) is 10.2 Å². The van der Waals surface area contributed by atoms with Crippen LogP contribution in [0.2, 0.25) is 0 Å². The average molecular weight is 345 g/mol. The summed E-state index contributed by atoms with van der Waals surface area (Å²) in [5, 5.41) is 18.7. The molecular formula is C18H20FN3O3. The molecule has 1 N–H and O–H groups in total. The highest BCUT2D eigenvalue weighted by atomic mass is 19.1. The maximum absolute atomic E-state index is 13.3. The molecule has 0 radical (unpaired) electrons. The van der Waals surface area contributed by atoms with E-state index in [0.717, 1.165) is 5.56 Å². The van der Waals surface area contributed by atoms with Crippen LogP contribution >= 0.6 is 0 Å². The molecule has 1 aliphatic heterocycles. The van der Waals surface area contributed by atoms with Gasteiger partial charge in [0.1, 0.15) is 5.82 Å². The first-order valence-corrected chi connectivity index (χ1v) is 8.13. The number of benzene rings is 1. The van der Waals surface area contributed by atoms with Crippen LogP contribution in [0.3, 0.4) is 0 Å². The summed E-state index contributed by atoms with van der Waals surface area (Å²) in [6.07, 6.45) is 1.51. The van der Waals surface area contributed by atoms with E-state index in [1.165, 1.54) is 19.2 Å². The van der Waals surface area contributed by atoms with E-state index in [1.807, 2.05) is 11.0 Å². The zero-order valence-electron chi connectivity index (χ0n) is 14.0. The molecule has 6 nitrogen and oxygen atoms in total. The number of aliphatic hydroxyl groups is 1. The van der Waals surface area contributed by atoms with Gasteiger partial charge in [-0.05, 0) is 42.7 Å². The third-order valence-corrected chi connectivity index (χ3v) is 4.49. The fraction of sp³-hybridized carbons (Fsp3) is 0.389. The van der Waals surface area contributed by atoms with Crippen LogP contribution in [0.1, 0.15) is 28.9 Å². The van der Waals surface area contributed by atoms with Crippen molar-refractivity contribution in [3.05, 3.63) is 53.5 Å². The summed E-state index contributed by atoms with van der Waals surface area (Å²) in [6, 6.07) is 9.62. The molecule has 0 atom stereocenters. The number of piperidine rings is 1. The van der Waals surface area contributed by atoms with Crippen LogP contribution in [0.25, 0.3) is 0 Å². The number of halogens is 1. The van der Waals surface area contributed by atoms with Gasteiger partial charge in [-0.1, -0.05) is 12.1 Å². The molecule has 2 aromatic rings. The van der Waals surface area contributed by atoms with Gasteiger partial charge in [-0.25, -0.2) is 9.18 Å². The normalized spacial score (nSPS) is 16.5. The molecule has 1 aliphatic rings.